The van der Waals surface area contributed by atoms with Crippen LogP contribution in [0.5, 0.6) is 0 Å². The van der Waals surface area contributed by atoms with E-state index in [0.29, 0.717) is 0 Å². The predicted octanol–water partition coefficient (Wildman–Crippen LogP) is 10.6. The summed E-state index contributed by atoms with van der Waals surface area (Å²) in [5.41, 5.74) is 0. The van der Waals surface area contributed by atoms with Gasteiger partial charge in [-0.3, -0.25) is 0 Å². The lowest BCUT2D eigenvalue weighted by Gasteiger charge is -2.31. The van der Waals surface area contributed by atoms with E-state index in [9.17, 15) is 0 Å². The molecule has 3 saturated carbocycles. The van der Waals surface area contributed by atoms with Crippen LogP contribution in [0.3, 0.4) is 0 Å². The van der Waals surface area contributed by atoms with Gasteiger partial charge < -0.3 is 0 Å². The van der Waals surface area contributed by atoms with Gasteiger partial charge in [0.1, 0.15) is 0 Å². The lowest BCUT2D eigenvalue weighted by molar-refractivity contribution is 0.211. The fourth-order valence-corrected chi connectivity index (χ4v) is 7.48. The molecular weight excluding hydrogens is 360 g/mol. The SMILES string of the molecule is C1CCCCC2CCCCCC3CCCCCCCCC3CCCCCC2CCC1. The molecule has 0 aromatic rings. The van der Waals surface area contributed by atoms with Gasteiger partial charge in [0, 0.05) is 0 Å². The van der Waals surface area contributed by atoms with Gasteiger partial charge in [-0.25, -0.2) is 0 Å². The van der Waals surface area contributed by atoms with Crippen LogP contribution in [0.1, 0.15) is 167 Å². The van der Waals surface area contributed by atoms with Crippen molar-refractivity contribution in [2.45, 2.75) is 167 Å². The first kappa shape index (κ1) is 24.6. The molecule has 3 aliphatic rings. The summed E-state index contributed by atoms with van der Waals surface area (Å²) in [5.74, 6) is 4.31. The molecule has 30 heavy (non-hydrogen) atoms. The molecular formula is C30H56. The second kappa shape index (κ2) is 15.7. The first-order valence-electron chi connectivity index (χ1n) is 14.9. The summed E-state index contributed by atoms with van der Waals surface area (Å²) in [6.45, 7) is 0. The molecule has 0 heterocycles. The van der Waals surface area contributed by atoms with Gasteiger partial charge in [0.2, 0.25) is 0 Å². The monoisotopic (exact) mass is 416 g/mol. The molecule has 0 saturated heterocycles. The van der Waals surface area contributed by atoms with E-state index in [1.165, 1.54) is 89.9 Å². The third kappa shape index (κ3) is 9.65. The minimum Gasteiger partial charge on any atom is -0.0533 e. The normalized spacial score (nSPS) is 35.2. The Hall–Kier alpha value is 0. The van der Waals surface area contributed by atoms with E-state index in [1.54, 1.807) is 77.0 Å². The van der Waals surface area contributed by atoms with Crippen LogP contribution in [0, 0.1) is 23.7 Å². The van der Waals surface area contributed by atoms with Gasteiger partial charge in [-0.1, -0.05) is 167 Å². The maximum atomic E-state index is 1.57. The molecule has 0 aliphatic heterocycles. The zero-order valence-corrected chi connectivity index (χ0v) is 20.7. The van der Waals surface area contributed by atoms with E-state index < -0.39 is 0 Å². The van der Waals surface area contributed by atoms with E-state index >= 15 is 0 Å². The number of hydrogen-bond acceptors (Lipinski definition) is 0. The molecule has 4 unspecified atom stereocenters. The van der Waals surface area contributed by atoms with Crippen LogP contribution in [0.15, 0.2) is 0 Å². The highest BCUT2D eigenvalue weighted by Crippen LogP contribution is 2.37. The van der Waals surface area contributed by atoms with Crippen molar-refractivity contribution in [2.75, 3.05) is 0 Å². The third-order valence-corrected chi connectivity index (χ3v) is 9.43. The standard InChI is InChI=1S/C30H56/c1-2-6-12-20-28-24-16-10-18-26-30-22-14-8-4-3-7-13-21-29(30)25-17-9-15-23-27(28)19-11-5-1/h27-30H,1-26H2. The van der Waals surface area contributed by atoms with Crippen LogP contribution in [-0.2, 0) is 0 Å². The zero-order valence-electron chi connectivity index (χ0n) is 20.7. The van der Waals surface area contributed by atoms with E-state index in [0.717, 1.165) is 23.7 Å². The lowest BCUT2D eigenvalue weighted by Crippen LogP contribution is -2.18. The van der Waals surface area contributed by atoms with Crippen molar-refractivity contribution in [3.05, 3.63) is 0 Å². The van der Waals surface area contributed by atoms with Crippen molar-refractivity contribution in [3.8, 4) is 0 Å². The Morgan fingerprint density at radius 3 is 0.500 bits per heavy atom. The second-order valence-electron chi connectivity index (χ2n) is 11.7. The van der Waals surface area contributed by atoms with E-state index in [1.807, 2.05) is 0 Å². The van der Waals surface area contributed by atoms with Gasteiger partial charge in [-0.15, -0.1) is 0 Å². The molecule has 0 aromatic carbocycles. The fraction of sp³-hybridized carbons (Fsp3) is 1.00. The predicted molar refractivity (Wildman–Crippen MR) is 134 cm³/mol. The van der Waals surface area contributed by atoms with Crippen molar-refractivity contribution < 1.29 is 0 Å². The van der Waals surface area contributed by atoms with Crippen LogP contribution in [0.4, 0.5) is 0 Å². The molecule has 176 valence electrons. The summed E-state index contributed by atoms with van der Waals surface area (Å²) < 4.78 is 0. The first-order valence-corrected chi connectivity index (χ1v) is 14.9. The van der Waals surface area contributed by atoms with Crippen LogP contribution >= 0.6 is 0 Å². The molecule has 0 aromatic heterocycles. The van der Waals surface area contributed by atoms with Gasteiger partial charge in [0.15, 0.2) is 0 Å². The number of hydrogen-bond donors (Lipinski definition) is 0. The summed E-state index contributed by atoms with van der Waals surface area (Å²) in [6.07, 6.45) is 40.0. The van der Waals surface area contributed by atoms with Crippen molar-refractivity contribution >= 4 is 0 Å². The molecule has 3 aliphatic carbocycles. The number of rotatable bonds is 0. The Bertz CT molecular complexity index is 325. The van der Waals surface area contributed by atoms with E-state index in [2.05, 4.69) is 0 Å². The van der Waals surface area contributed by atoms with Crippen molar-refractivity contribution in [1.29, 1.82) is 0 Å². The molecule has 0 amide bonds. The summed E-state index contributed by atoms with van der Waals surface area (Å²) in [4.78, 5) is 0. The molecule has 4 atom stereocenters. The quantitative estimate of drug-likeness (QED) is 0.368. The summed E-state index contributed by atoms with van der Waals surface area (Å²) >= 11 is 0. The minimum atomic E-state index is 1.08. The third-order valence-electron chi connectivity index (χ3n) is 9.43. The Labute approximate surface area is 190 Å². The van der Waals surface area contributed by atoms with Crippen molar-refractivity contribution in [1.82, 2.24) is 0 Å². The van der Waals surface area contributed by atoms with Gasteiger partial charge in [0.25, 0.3) is 0 Å². The average Bonchev–Trinajstić information content (AvgIpc) is 2.77. The highest BCUT2D eigenvalue weighted by molar-refractivity contribution is 4.76. The minimum absolute atomic E-state index is 1.08. The molecule has 3 rings (SSSR count). The fourth-order valence-electron chi connectivity index (χ4n) is 7.48. The summed E-state index contributed by atoms with van der Waals surface area (Å²) in [7, 11) is 0. The number of fused-ring (bicyclic) bond motifs is 2. The van der Waals surface area contributed by atoms with Crippen LogP contribution in [0.25, 0.3) is 0 Å². The Morgan fingerprint density at radius 2 is 0.300 bits per heavy atom. The summed E-state index contributed by atoms with van der Waals surface area (Å²) in [5, 5.41) is 0. The maximum absolute atomic E-state index is 1.57. The van der Waals surface area contributed by atoms with Gasteiger partial charge in [0.05, 0.1) is 0 Å². The highest BCUT2D eigenvalue weighted by Gasteiger charge is 2.24. The smallest absolute Gasteiger partial charge is 0.0386 e. The average molecular weight is 417 g/mol. The maximum Gasteiger partial charge on any atom is -0.0386 e. The molecule has 0 heteroatoms. The van der Waals surface area contributed by atoms with Crippen LogP contribution in [-0.4, -0.2) is 0 Å². The Balaban J connectivity index is 1.55. The van der Waals surface area contributed by atoms with E-state index in [4.69, 9.17) is 0 Å². The molecule has 0 N–H and O–H groups in total. The topological polar surface area (TPSA) is 0 Å². The van der Waals surface area contributed by atoms with Gasteiger partial charge in [-0.05, 0) is 23.7 Å². The molecule has 0 bridgehead atoms. The Kier molecular flexibility index (Phi) is 12.9. The van der Waals surface area contributed by atoms with Crippen molar-refractivity contribution in [2.24, 2.45) is 23.7 Å². The molecule has 3 fully saturated rings. The van der Waals surface area contributed by atoms with Crippen molar-refractivity contribution in [3.63, 3.8) is 0 Å². The zero-order chi connectivity index (χ0) is 20.7. The Morgan fingerprint density at radius 1 is 0.167 bits per heavy atom. The second-order valence-corrected chi connectivity index (χ2v) is 11.7. The largest absolute Gasteiger partial charge is 0.0533 e. The van der Waals surface area contributed by atoms with Gasteiger partial charge >= 0.3 is 0 Å². The van der Waals surface area contributed by atoms with Gasteiger partial charge in [-0.2, -0.15) is 0 Å². The molecule has 0 nitrogen and oxygen atoms in total. The molecule has 0 spiro atoms. The summed E-state index contributed by atoms with van der Waals surface area (Å²) in [6, 6.07) is 0. The molecule has 0 radical (unpaired) electrons. The van der Waals surface area contributed by atoms with Crippen LogP contribution in [0.2, 0.25) is 0 Å². The highest BCUT2D eigenvalue weighted by atomic mass is 14.3. The van der Waals surface area contributed by atoms with E-state index in [-0.39, 0.29) is 0 Å². The first-order chi connectivity index (χ1) is 14.9. The van der Waals surface area contributed by atoms with Crippen LogP contribution < -0.4 is 0 Å². The lowest BCUT2D eigenvalue weighted by atomic mass is 9.75.